The van der Waals surface area contributed by atoms with Gasteiger partial charge >= 0.3 is 6.09 Å². The quantitative estimate of drug-likeness (QED) is 0.778. The van der Waals surface area contributed by atoms with Gasteiger partial charge in [0.2, 0.25) is 5.91 Å². The molecule has 1 atom stereocenters. The first-order chi connectivity index (χ1) is 8.15. The molecule has 0 bridgehead atoms. The molecule has 2 aliphatic carbocycles. The molecule has 17 heavy (non-hydrogen) atoms. The van der Waals surface area contributed by atoms with Gasteiger partial charge in [0, 0.05) is 6.04 Å². The molecule has 96 valence electrons. The number of carbonyl (C=O) groups excluding carboxylic acids is 2. The summed E-state index contributed by atoms with van der Waals surface area (Å²) < 4.78 is 5.22. The highest BCUT2D eigenvalue weighted by Crippen LogP contribution is 2.21. The van der Waals surface area contributed by atoms with Crippen LogP contribution in [0.2, 0.25) is 0 Å². The van der Waals surface area contributed by atoms with E-state index in [9.17, 15) is 9.59 Å². The second kappa shape index (κ2) is 5.38. The average molecular weight is 240 g/mol. The molecule has 0 aliphatic heterocycles. The van der Waals surface area contributed by atoms with E-state index >= 15 is 0 Å². The molecule has 0 aromatic rings. The molecular formula is C12H20N2O3. The van der Waals surface area contributed by atoms with E-state index in [1.807, 2.05) is 0 Å². The van der Waals surface area contributed by atoms with Crippen LogP contribution in [-0.2, 0) is 9.53 Å². The third-order valence-electron chi connectivity index (χ3n) is 3.23. The molecule has 2 amide bonds. The van der Waals surface area contributed by atoms with Crippen LogP contribution in [0.15, 0.2) is 0 Å². The Hall–Kier alpha value is -1.26. The Balaban J connectivity index is 1.67. The molecule has 1 unspecified atom stereocenters. The normalized spacial score (nSPS) is 21.9. The number of hydrogen-bond acceptors (Lipinski definition) is 3. The van der Waals surface area contributed by atoms with Crippen LogP contribution < -0.4 is 10.6 Å². The minimum absolute atomic E-state index is 0.0358. The largest absolute Gasteiger partial charge is 0.446 e. The molecule has 0 aromatic carbocycles. The Bertz CT molecular complexity index is 296. The number of nitrogens with one attached hydrogen (secondary N) is 2. The van der Waals surface area contributed by atoms with Gasteiger partial charge in [0.1, 0.15) is 12.1 Å². The van der Waals surface area contributed by atoms with Gasteiger partial charge in [0.05, 0.1) is 0 Å². The minimum Gasteiger partial charge on any atom is -0.446 e. The van der Waals surface area contributed by atoms with Crippen LogP contribution in [0, 0.1) is 0 Å². The van der Waals surface area contributed by atoms with E-state index < -0.39 is 12.1 Å². The highest BCUT2D eigenvalue weighted by atomic mass is 16.6. The van der Waals surface area contributed by atoms with E-state index in [4.69, 9.17) is 4.74 Å². The van der Waals surface area contributed by atoms with E-state index in [1.54, 1.807) is 6.92 Å². The van der Waals surface area contributed by atoms with Crippen molar-refractivity contribution in [3.8, 4) is 0 Å². The molecule has 2 saturated carbocycles. The third-order valence-corrected chi connectivity index (χ3v) is 3.23. The number of ether oxygens (including phenoxy) is 1. The molecule has 2 fully saturated rings. The summed E-state index contributed by atoms with van der Waals surface area (Å²) in [6.07, 6.45) is 5.78. The summed E-state index contributed by atoms with van der Waals surface area (Å²) in [4.78, 5) is 23.1. The molecule has 5 heteroatoms. The first-order valence-corrected chi connectivity index (χ1v) is 6.42. The summed E-state index contributed by atoms with van der Waals surface area (Å²) in [5.41, 5.74) is 0. The highest BCUT2D eigenvalue weighted by Gasteiger charge is 2.27. The fourth-order valence-corrected chi connectivity index (χ4v) is 1.99. The van der Waals surface area contributed by atoms with Crippen molar-refractivity contribution in [1.29, 1.82) is 0 Å². The zero-order valence-electron chi connectivity index (χ0n) is 10.2. The van der Waals surface area contributed by atoms with Crippen molar-refractivity contribution in [2.45, 2.75) is 63.6 Å². The van der Waals surface area contributed by atoms with Crippen molar-refractivity contribution in [1.82, 2.24) is 10.6 Å². The lowest BCUT2D eigenvalue weighted by molar-refractivity contribution is -0.122. The zero-order chi connectivity index (χ0) is 12.3. The van der Waals surface area contributed by atoms with Gasteiger partial charge in [-0.2, -0.15) is 0 Å². The van der Waals surface area contributed by atoms with Crippen LogP contribution in [0.25, 0.3) is 0 Å². The Labute approximate surface area is 101 Å². The number of alkyl carbamates (subject to hydrolysis) is 1. The molecule has 0 radical (unpaired) electrons. The fourth-order valence-electron chi connectivity index (χ4n) is 1.99. The first kappa shape index (κ1) is 12.2. The molecule has 2 N–H and O–H groups in total. The Morgan fingerprint density at radius 1 is 1.18 bits per heavy atom. The SMILES string of the molecule is CC(NC(=O)OC1CCCC1)C(=O)NC1CC1. The van der Waals surface area contributed by atoms with Crippen LogP contribution in [0.3, 0.4) is 0 Å². The maximum Gasteiger partial charge on any atom is 0.408 e. The zero-order valence-corrected chi connectivity index (χ0v) is 10.2. The van der Waals surface area contributed by atoms with Crippen LogP contribution in [-0.4, -0.2) is 30.2 Å². The number of amides is 2. The van der Waals surface area contributed by atoms with Gasteiger partial charge in [-0.1, -0.05) is 0 Å². The standard InChI is InChI=1S/C12H20N2O3/c1-8(11(15)14-9-6-7-9)13-12(16)17-10-4-2-3-5-10/h8-10H,2-7H2,1H3,(H,13,16)(H,14,15). The van der Waals surface area contributed by atoms with Crippen molar-refractivity contribution in [3.05, 3.63) is 0 Å². The van der Waals surface area contributed by atoms with E-state index in [1.165, 1.54) is 0 Å². The van der Waals surface area contributed by atoms with Crippen molar-refractivity contribution in [2.24, 2.45) is 0 Å². The smallest absolute Gasteiger partial charge is 0.408 e. The van der Waals surface area contributed by atoms with Crippen LogP contribution >= 0.6 is 0 Å². The average Bonchev–Trinajstić information content (AvgIpc) is 2.93. The van der Waals surface area contributed by atoms with E-state index in [0.29, 0.717) is 6.04 Å². The Morgan fingerprint density at radius 2 is 1.82 bits per heavy atom. The molecule has 0 aromatic heterocycles. The lowest BCUT2D eigenvalue weighted by Gasteiger charge is -2.16. The van der Waals surface area contributed by atoms with E-state index in [2.05, 4.69) is 10.6 Å². The molecule has 0 saturated heterocycles. The molecule has 0 heterocycles. The first-order valence-electron chi connectivity index (χ1n) is 6.42. The topological polar surface area (TPSA) is 67.4 Å². The maximum atomic E-state index is 11.6. The van der Waals surface area contributed by atoms with Gasteiger partial charge in [0.15, 0.2) is 0 Å². The maximum absolute atomic E-state index is 11.6. The van der Waals surface area contributed by atoms with Crippen LogP contribution in [0.5, 0.6) is 0 Å². The molecular weight excluding hydrogens is 220 g/mol. The molecule has 2 rings (SSSR count). The predicted octanol–water partition coefficient (Wildman–Crippen LogP) is 1.32. The second-order valence-electron chi connectivity index (χ2n) is 4.96. The molecule has 0 spiro atoms. The van der Waals surface area contributed by atoms with Crippen LogP contribution in [0.4, 0.5) is 4.79 Å². The van der Waals surface area contributed by atoms with Gasteiger partial charge < -0.3 is 15.4 Å². The van der Waals surface area contributed by atoms with E-state index in [-0.39, 0.29) is 12.0 Å². The van der Waals surface area contributed by atoms with Crippen molar-refractivity contribution in [2.75, 3.05) is 0 Å². The number of rotatable bonds is 4. The van der Waals surface area contributed by atoms with Gasteiger partial charge in [-0.05, 0) is 45.4 Å². The summed E-state index contributed by atoms with van der Waals surface area (Å²) >= 11 is 0. The number of hydrogen-bond donors (Lipinski definition) is 2. The van der Waals surface area contributed by atoms with Crippen molar-refractivity contribution in [3.63, 3.8) is 0 Å². The summed E-state index contributed by atoms with van der Waals surface area (Å²) in [7, 11) is 0. The van der Waals surface area contributed by atoms with Crippen molar-refractivity contribution >= 4 is 12.0 Å². The second-order valence-corrected chi connectivity index (χ2v) is 4.96. The summed E-state index contributed by atoms with van der Waals surface area (Å²) in [5.74, 6) is -0.129. The third kappa shape index (κ3) is 3.91. The molecule has 2 aliphatic rings. The lowest BCUT2D eigenvalue weighted by Crippen LogP contribution is -2.46. The Morgan fingerprint density at radius 3 is 2.41 bits per heavy atom. The van der Waals surface area contributed by atoms with Crippen molar-refractivity contribution < 1.29 is 14.3 Å². The highest BCUT2D eigenvalue weighted by molar-refractivity contribution is 5.85. The summed E-state index contributed by atoms with van der Waals surface area (Å²) in [6.45, 7) is 1.67. The summed E-state index contributed by atoms with van der Waals surface area (Å²) in [5, 5.41) is 5.41. The van der Waals surface area contributed by atoms with Crippen LogP contribution in [0.1, 0.15) is 45.4 Å². The van der Waals surface area contributed by atoms with Gasteiger partial charge in [-0.3, -0.25) is 4.79 Å². The summed E-state index contributed by atoms with van der Waals surface area (Å²) in [6, 6.07) is -0.206. The Kier molecular flexibility index (Phi) is 3.86. The minimum atomic E-state index is -0.524. The fraction of sp³-hybridized carbons (Fsp3) is 0.833. The lowest BCUT2D eigenvalue weighted by atomic mass is 10.3. The van der Waals surface area contributed by atoms with Gasteiger partial charge in [-0.25, -0.2) is 4.79 Å². The predicted molar refractivity (Wildman–Crippen MR) is 62.5 cm³/mol. The monoisotopic (exact) mass is 240 g/mol. The van der Waals surface area contributed by atoms with Gasteiger partial charge in [0.25, 0.3) is 0 Å². The molecule has 5 nitrogen and oxygen atoms in total. The van der Waals surface area contributed by atoms with Gasteiger partial charge in [-0.15, -0.1) is 0 Å². The van der Waals surface area contributed by atoms with E-state index in [0.717, 1.165) is 38.5 Å². The number of carbonyl (C=O) groups is 2.